The zero-order valence-electron chi connectivity index (χ0n) is 44.3. The van der Waals surface area contributed by atoms with Gasteiger partial charge in [-0.1, -0.05) is 75.7 Å². The van der Waals surface area contributed by atoms with E-state index in [1.165, 1.54) is 35.5 Å². The number of hydrogen-bond donors (Lipinski definition) is 0. The maximum Gasteiger partial charge on any atom is 0.410 e. The number of carbonyl (C=O) groups excluding carboxylic acids is 2. The van der Waals surface area contributed by atoms with Crippen molar-refractivity contribution in [1.82, 2.24) is 24.6 Å². The van der Waals surface area contributed by atoms with Gasteiger partial charge in [-0.15, -0.1) is 21.5 Å². The van der Waals surface area contributed by atoms with Gasteiger partial charge >= 0.3 is 12.1 Å². The molecule has 386 valence electrons. The predicted octanol–water partition coefficient (Wildman–Crippen LogP) is 12.3. The fraction of sp³-hybridized carbons (Fsp3) is 0.538. The number of halogens is 1. The summed E-state index contributed by atoms with van der Waals surface area (Å²) in [5.41, 5.74) is 1.91. The lowest BCUT2D eigenvalue weighted by Crippen LogP contribution is -2.40. The van der Waals surface area contributed by atoms with Crippen LogP contribution in [0.3, 0.4) is 0 Å². The summed E-state index contributed by atoms with van der Waals surface area (Å²) in [5.74, 6) is 5.82. The van der Waals surface area contributed by atoms with Crippen molar-refractivity contribution in [1.29, 1.82) is 0 Å². The molecular weight excluding hydrogens is 974 g/mol. The Morgan fingerprint density at radius 2 is 1.66 bits per heavy atom. The highest BCUT2D eigenvalue weighted by atomic mass is 32.1. The summed E-state index contributed by atoms with van der Waals surface area (Å²) in [6, 6.07) is 15.8. The molecule has 0 aliphatic heterocycles. The molecule has 0 aliphatic carbocycles. The van der Waals surface area contributed by atoms with E-state index in [2.05, 4.69) is 87.1 Å². The van der Waals surface area contributed by atoms with Crippen molar-refractivity contribution >= 4 is 78.1 Å². The van der Waals surface area contributed by atoms with Crippen molar-refractivity contribution in [2.24, 2.45) is 4.99 Å². The van der Waals surface area contributed by atoms with Crippen LogP contribution in [0.5, 0.6) is 5.75 Å². The van der Waals surface area contributed by atoms with Gasteiger partial charge in [0.05, 0.1) is 30.5 Å². The number of unbranched alkanes of at least 4 members (excludes halogenated alkanes) is 2. The molecule has 3 heterocycles. The quantitative estimate of drug-likeness (QED) is 0.0283. The number of aromatic nitrogens is 4. The van der Waals surface area contributed by atoms with Crippen LogP contribution in [0, 0.1) is 24.6 Å². The lowest BCUT2D eigenvalue weighted by molar-refractivity contribution is 0.0320. The highest BCUT2D eigenvalue weighted by Gasteiger charge is 2.37. The summed E-state index contributed by atoms with van der Waals surface area (Å²) in [6.07, 6.45) is 3.02. The summed E-state index contributed by atoms with van der Waals surface area (Å²) in [5, 5.41) is 10.1. The summed E-state index contributed by atoms with van der Waals surface area (Å²) < 4.78 is 47.5. The Morgan fingerprint density at radius 1 is 0.915 bits per heavy atom. The van der Waals surface area contributed by atoms with Crippen molar-refractivity contribution in [3.63, 3.8) is 0 Å². The van der Waals surface area contributed by atoms with Gasteiger partial charge in [-0.3, -0.25) is 4.57 Å². The minimum absolute atomic E-state index is 0.0811. The van der Waals surface area contributed by atoms with E-state index < -0.39 is 39.9 Å². The molecule has 71 heavy (non-hydrogen) atoms. The molecule has 19 heteroatoms. The van der Waals surface area contributed by atoms with Crippen LogP contribution in [0.1, 0.15) is 93.7 Å². The monoisotopic (exact) mass is 1050 g/mol. The van der Waals surface area contributed by atoms with Crippen LogP contribution in [-0.4, -0.2) is 106 Å². The van der Waals surface area contributed by atoms with E-state index in [-0.39, 0.29) is 29.6 Å². The van der Waals surface area contributed by atoms with E-state index in [9.17, 15) is 9.59 Å². The number of para-hydroxylation sites is 1. The van der Waals surface area contributed by atoms with Crippen LogP contribution in [0.25, 0.3) is 10.2 Å². The van der Waals surface area contributed by atoms with Gasteiger partial charge in [0.15, 0.2) is 47.1 Å². The summed E-state index contributed by atoms with van der Waals surface area (Å²) in [6.45, 7) is 28.3. The van der Waals surface area contributed by atoms with Gasteiger partial charge in [-0.05, 0) is 126 Å². The molecule has 5 rings (SSSR count). The average molecular weight is 1050 g/mol. The van der Waals surface area contributed by atoms with Gasteiger partial charge < -0.3 is 33.2 Å². The smallest absolute Gasteiger partial charge is 0.410 e. The summed E-state index contributed by atoms with van der Waals surface area (Å²) >= 11 is 2.97. The number of esters is 1. The van der Waals surface area contributed by atoms with Crippen molar-refractivity contribution in [2.75, 3.05) is 52.0 Å². The number of nitrogens with zero attached hydrogens (tertiary/aromatic N) is 7. The largest absolute Gasteiger partial charge is 0.491 e. The fourth-order valence-electron chi connectivity index (χ4n) is 6.62. The third kappa shape index (κ3) is 17.1. The topological polar surface area (TPSA) is 143 Å². The fourth-order valence-corrected chi connectivity index (χ4v) is 10.6. The van der Waals surface area contributed by atoms with Crippen LogP contribution in [0.2, 0.25) is 43.8 Å². The molecular formula is C52H74FN7O7S2Si2. The lowest BCUT2D eigenvalue weighted by Gasteiger charge is -2.36. The number of benzene rings is 2. The molecule has 0 N–H and O–H groups in total. The van der Waals surface area contributed by atoms with E-state index in [0.29, 0.717) is 66.5 Å². The Kier molecular flexibility index (Phi) is 20.1. The van der Waals surface area contributed by atoms with E-state index in [1.54, 1.807) is 45.2 Å². The predicted molar refractivity (Wildman–Crippen MR) is 289 cm³/mol. The van der Waals surface area contributed by atoms with Crippen molar-refractivity contribution in [3.8, 4) is 17.6 Å². The Bertz CT molecular complexity index is 2730. The Morgan fingerprint density at radius 3 is 2.34 bits per heavy atom. The van der Waals surface area contributed by atoms with Crippen LogP contribution in [0.15, 0.2) is 53.5 Å². The highest BCUT2D eigenvalue weighted by molar-refractivity contribution is 7.16. The Balaban J connectivity index is 1.35. The highest BCUT2D eigenvalue weighted by Crippen LogP contribution is 2.37. The lowest BCUT2D eigenvalue weighted by atomic mass is 10.2. The molecule has 0 unspecified atom stereocenters. The average Bonchev–Trinajstić information content (AvgIpc) is 3.86. The maximum atomic E-state index is 15.2. The third-order valence-corrected chi connectivity index (χ3v) is 20.3. The van der Waals surface area contributed by atoms with Gasteiger partial charge in [-0.25, -0.2) is 19.0 Å². The minimum Gasteiger partial charge on any atom is -0.491 e. The van der Waals surface area contributed by atoms with Gasteiger partial charge in [0.25, 0.3) is 0 Å². The molecule has 0 aliphatic rings. The van der Waals surface area contributed by atoms with Crippen molar-refractivity contribution in [3.05, 3.63) is 80.8 Å². The number of thiazole rings is 2. The number of rotatable bonds is 22. The molecule has 0 fully saturated rings. The molecule has 0 bridgehead atoms. The number of aryl methyl sites for hydroxylation is 2. The second-order valence-corrected chi connectivity index (χ2v) is 33.8. The molecule has 0 atom stereocenters. The van der Waals surface area contributed by atoms with Crippen molar-refractivity contribution < 1.29 is 37.4 Å². The molecule has 3 aromatic heterocycles. The standard InChI is InChI=1S/C52H74FN7O7S2Si2/c1-37-34-44(56-57-46(37)55-49-60(36-64-32-33-70(10,11)12)40-23-16-17-24-42(40)68-49)59(29-18-15-19-31-66-71(13,14)52(5,6)7)48-54-45(47(61)63-9)43(69-48)25-21-30-65-41-27-26-38(35-39(41)53)22-20-28-58(8)50(62)67-51(2,3)4/h16-17,23-24,26-27,34-35H,15,18-19,21,25,28-33,36H2,1-14H3. The number of hydrogen-bond acceptors (Lipinski definition) is 14. The van der Waals surface area contributed by atoms with Crippen LogP contribution >= 0.6 is 22.7 Å². The number of ether oxygens (including phenoxy) is 4. The van der Waals surface area contributed by atoms with Crippen LogP contribution in [-0.2, 0) is 31.8 Å². The first-order valence-corrected chi connectivity index (χ1v) is 32.5. The molecule has 1 amide bonds. The Labute approximate surface area is 430 Å². The van der Waals surface area contributed by atoms with Crippen LogP contribution in [0.4, 0.5) is 26.0 Å². The molecule has 5 aromatic rings. The van der Waals surface area contributed by atoms with E-state index in [4.69, 9.17) is 38.4 Å². The van der Waals surface area contributed by atoms with E-state index in [0.717, 1.165) is 45.9 Å². The van der Waals surface area contributed by atoms with Gasteiger partial charge in [-0.2, -0.15) is 4.99 Å². The second-order valence-electron chi connectivity index (χ2n) is 21.3. The second kappa shape index (κ2) is 25.1. The van der Waals surface area contributed by atoms with Crippen molar-refractivity contribution in [2.45, 2.75) is 137 Å². The normalized spacial score (nSPS) is 12.5. The molecule has 0 spiro atoms. The molecule has 2 aromatic carbocycles. The van der Waals surface area contributed by atoms with E-state index in [1.807, 2.05) is 30.0 Å². The zero-order chi connectivity index (χ0) is 52.1. The van der Waals surface area contributed by atoms with Crippen LogP contribution < -0.4 is 14.4 Å². The number of fused-ring (bicyclic) bond motifs is 1. The number of methoxy groups -OCH3 is 1. The first-order chi connectivity index (χ1) is 33.4. The molecule has 0 radical (unpaired) electrons. The molecule has 0 saturated heterocycles. The minimum atomic E-state index is -1.88. The first kappa shape index (κ1) is 56.9. The number of anilines is 2. The number of amides is 1. The third-order valence-electron chi connectivity index (χ3n) is 11.8. The SMILES string of the molecule is COC(=O)c1nc(N(CCCCCO[Si](C)(C)C(C)(C)C)c2cc(C)c(N=c3sc4ccccc4n3COCC[Si](C)(C)C)nn2)sc1CCCOc1ccc(C#CCN(C)C(=O)OC(C)(C)C)cc1F. The maximum absolute atomic E-state index is 15.2. The number of carbonyl (C=O) groups is 2. The zero-order valence-corrected chi connectivity index (χ0v) is 47.9. The van der Waals surface area contributed by atoms with E-state index >= 15 is 4.39 Å². The molecule has 14 nitrogen and oxygen atoms in total. The Hall–Kier alpha value is -4.98. The first-order valence-electron chi connectivity index (χ1n) is 24.3. The summed E-state index contributed by atoms with van der Waals surface area (Å²) in [7, 11) is -0.210. The van der Waals surface area contributed by atoms with Gasteiger partial charge in [0.1, 0.15) is 12.3 Å². The molecule has 0 saturated carbocycles. The van der Waals surface area contributed by atoms with Gasteiger partial charge in [0.2, 0.25) is 0 Å². The summed E-state index contributed by atoms with van der Waals surface area (Å²) in [4.78, 5) is 40.2. The van der Waals surface area contributed by atoms with Gasteiger partial charge in [0, 0.05) is 45.3 Å².